The fourth-order valence-corrected chi connectivity index (χ4v) is 4.40. The van der Waals surface area contributed by atoms with Gasteiger partial charge in [0.2, 0.25) is 12.6 Å². The van der Waals surface area contributed by atoms with Gasteiger partial charge in [0.1, 0.15) is 5.75 Å². The monoisotopic (exact) mass is 476 g/mol. The number of methoxy groups -OCH3 is 1. The number of carbonyl (C=O) groups excluding carboxylic acids is 1. The van der Waals surface area contributed by atoms with Gasteiger partial charge in [-0.2, -0.15) is 4.98 Å². The van der Waals surface area contributed by atoms with E-state index in [1.54, 1.807) is 12.0 Å². The molecule has 1 N–H and O–H groups in total. The number of aromatic nitrogens is 2. The minimum Gasteiger partial charge on any atom is -0.497 e. The van der Waals surface area contributed by atoms with Crippen LogP contribution >= 0.6 is 0 Å². The second kappa shape index (κ2) is 9.69. The third kappa shape index (κ3) is 4.41. The third-order valence-electron chi connectivity index (χ3n) is 6.30. The Kier molecular flexibility index (Phi) is 6.31. The van der Waals surface area contributed by atoms with Crippen LogP contribution in [0.5, 0.6) is 17.2 Å². The summed E-state index contributed by atoms with van der Waals surface area (Å²) < 4.78 is 22.1. The van der Waals surface area contributed by atoms with E-state index in [1.165, 1.54) is 0 Å². The molecule has 35 heavy (non-hydrogen) atoms. The Morgan fingerprint density at radius 1 is 1.14 bits per heavy atom. The molecule has 2 aliphatic rings. The van der Waals surface area contributed by atoms with E-state index in [0.29, 0.717) is 35.5 Å². The van der Waals surface area contributed by atoms with Crippen molar-refractivity contribution in [2.75, 3.05) is 20.4 Å². The average Bonchev–Trinajstić information content (AvgIpc) is 3.55. The van der Waals surface area contributed by atoms with Gasteiger partial charge in [-0.25, -0.2) is 4.79 Å². The number of hydrogen-bond donors (Lipinski definition) is 1. The minimum absolute atomic E-state index is 0.148. The second-order valence-corrected chi connectivity index (χ2v) is 8.51. The van der Waals surface area contributed by atoms with Crippen molar-refractivity contribution in [1.82, 2.24) is 20.4 Å². The summed E-state index contributed by atoms with van der Waals surface area (Å²) in [4.78, 5) is 19.6. The van der Waals surface area contributed by atoms with Gasteiger partial charge < -0.3 is 24.1 Å². The normalized spacial score (nSPS) is 17.1. The van der Waals surface area contributed by atoms with Crippen LogP contribution in [0.2, 0.25) is 0 Å². The van der Waals surface area contributed by atoms with Gasteiger partial charge in [-0.05, 0) is 49.2 Å². The van der Waals surface area contributed by atoms with E-state index in [4.69, 9.17) is 23.7 Å². The maximum atomic E-state index is 13.1. The number of amides is 2. The van der Waals surface area contributed by atoms with Crippen molar-refractivity contribution in [2.24, 2.45) is 0 Å². The molecule has 0 fully saturated rings. The van der Waals surface area contributed by atoms with Gasteiger partial charge in [-0.15, -0.1) is 0 Å². The zero-order chi connectivity index (χ0) is 24.4. The average molecular weight is 477 g/mol. The molecule has 3 aromatic rings. The van der Waals surface area contributed by atoms with E-state index < -0.39 is 6.04 Å². The van der Waals surface area contributed by atoms with Crippen molar-refractivity contribution in [3.05, 3.63) is 59.6 Å². The zero-order valence-corrected chi connectivity index (χ0v) is 20.0. The van der Waals surface area contributed by atoms with E-state index in [1.807, 2.05) is 49.4 Å². The third-order valence-corrected chi connectivity index (χ3v) is 6.30. The molecule has 0 saturated heterocycles. The number of fused-ring (bicyclic) bond motifs is 1. The first-order valence-electron chi connectivity index (χ1n) is 11.8. The Morgan fingerprint density at radius 3 is 2.83 bits per heavy atom. The molecule has 5 rings (SSSR count). The summed E-state index contributed by atoms with van der Waals surface area (Å²) in [5, 5.41) is 7.36. The summed E-state index contributed by atoms with van der Waals surface area (Å²) in [6, 6.07) is 12.5. The first-order chi connectivity index (χ1) is 17.1. The summed E-state index contributed by atoms with van der Waals surface area (Å²) in [5.41, 5.74) is 3.16. The largest absolute Gasteiger partial charge is 0.497 e. The number of nitrogens with zero attached hydrogens (tertiary/aromatic N) is 3. The number of nitrogens with one attached hydrogen (secondary N) is 1. The fraction of sp³-hybridized carbons (Fsp3) is 0.346. The lowest BCUT2D eigenvalue weighted by Gasteiger charge is -2.35. The smallest absolute Gasteiger partial charge is 0.322 e. The molecule has 3 heterocycles. The van der Waals surface area contributed by atoms with Gasteiger partial charge in [0, 0.05) is 17.8 Å². The molecule has 182 valence electrons. The van der Waals surface area contributed by atoms with Crippen LogP contribution < -0.4 is 19.5 Å². The number of carbonyl (C=O) groups is 1. The molecule has 0 bridgehead atoms. The Morgan fingerprint density at radius 2 is 2.00 bits per heavy atom. The van der Waals surface area contributed by atoms with E-state index in [-0.39, 0.29) is 12.8 Å². The molecule has 9 nitrogen and oxygen atoms in total. The lowest BCUT2D eigenvalue weighted by Crippen LogP contribution is -2.46. The quantitative estimate of drug-likeness (QED) is 0.448. The van der Waals surface area contributed by atoms with Crippen molar-refractivity contribution in [3.63, 3.8) is 0 Å². The number of urea groups is 1. The highest BCUT2D eigenvalue weighted by atomic mass is 16.7. The molecule has 2 aliphatic heterocycles. The first kappa shape index (κ1) is 22.8. The summed E-state index contributed by atoms with van der Waals surface area (Å²) in [5.74, 6) is 2.81. The van der Waals surface area contributed by atoms with Crippen LogP contribution in [0.15, 0.2) is 52.7 Å². The number of hydrogen-bond acceptors (Lipinski definition) is 7. The first-order valence-corrected chi connectivity index (χ1v) is 11.8. The molecule has 0 aliphatic carbocycles. The summed E-state index contributed by atoms with van der Waals surface area (Å²) in [6.07, 6.45) is 3.02. The summed E-state index contributed by atoms with van der Waals surface area (Å²) in [6.45, 7) is 4.87. The highest BCUT2D eigenvalue weighted by Crippen LogP contribution is 2.39. The van der Waals surface area contributed by atoms with Crippen LogP contribution in [0.1, 0.15) is 50.6 Å². The highest BCUT2D eigenvalue weighted by Gasteiger charge is 2.35. The lowest BCUT2D eigenvalue weighted by atomic mass is 9.94. The van der Waals surface area contributed by atoms with Crippen molar-refractivity contribution < 1.29 is 23.5 Å². The van der Waals surface area contributed by atoms with Crippen LogP contribution in [0.25, 0.3) is 17.0 Å². The molecule has 1 unspecified atom stereocenters. The Labute approximate surface area is 203 Å². The van der Waals surface area contributed by atoms with Gasteiger partial charge in [0.25, 0.3) is 5.89 Å². The van der Waals surface area contributed by atoms with Crippen LogP contribution in [0.3, 0.4) is 0 Å². The number of ether oxygens (including phenoxy) is 3. The molecule has 9 heteroatoms. The number of allylic oxidation sites excluding steroid dienone is 1. The van der Waals surface area contributed by atoms with Gasteiger partial charge in [-0.1, -0.05) is 37.1 Å². The molecule has 0 saturated carbocycles. The van der Waals surface area contributed by atoms with Crippen molar-refractivity contribution >= 4 is 11.6 Å². The van der Waals surface area contributed by atoms with Crippen LogP contribution in [0, 0.1) is 0 Å². The van der Waals surface area contributed by atoms with Crippen molar-refractivity contribution in [3.8, 4) is 28.6 Å². The molecule has 0 radical (unpaired) electrons. The molecule has 0 spiro atoms. The maximum Gasteiger partial charge on any atom is 0.322 e. The topological polar surface area (TPSA) is 99.0 Å². The predicted octanol–water partition coefficient (Wildman–Crippen LogP) is 5.16. The standard InChI is InChI=1S/C26H28N4O5/c1-4-5-6-12-30-16(2)22(23(27-26(30)31)17-8-7-9-19(13-17)32-3)25-28-24(29-35-25)18-10-11-20-21(14-18)34-15-33-20/h7-11,13-14,23H,4-6,12,15H2,1-3H3,(H,27,31). The summed E-state index contributed by atoms with van der Waals surface area (Å²) >= 11 is 0. The number of benzene rings is 2. The van der Waals surface area contributed by atoms with Gasteiger partial charge in [-0.3, -0.25) is 4.90 Å². The fourth-order valence-electron chi connectivity index (χ4n) is 4.40. The SMILES string of the molecule is CCCCCN1C(=O)NC(c2cccc(OC)c2)C(c2nc(-c3ccc4c(c3)OCO4)no2)=C1C. The Hall–Kier alpha value is -4.01. The predicted molar refractivity (Wildman–Crippen MR) is 129 cm³/mol. The zero-order valence-electron chi connectivity index (χ0n) is 20.0. The van der Waals surface area contributed by atoms with Crippen LogP contribution in [-0.4, -0.2) is 41.5 Å². The molecule has 2 aromatic carbocycles. The summed E-state index contributed by atoms with van der Waals surface area (Å²) in [7, 11) is 1.62. The van der Waals surface area contributed by atoms with Crippen molar-refractivity contribution in [2.45, 2.75) is 39.2 Å². The number of rotatable bonds is 8. The molecule has 1 atom stereocenters. The molecular weight excluding hydrogens is 448 g/mol. The molecular formula is C26H28N4O5. The van der Waals surface area contributed by atoms with Gasteiger partial charge >= 0.3 is 6.03 Å². The van der Waals surface area contributed by atoms with Crippen molar-refractivity contribution in [1.29, 1.82) is 0 Å². The maximum absolute atomic E-state index is 13.1. The molecule has 2 amide bonds. The van der Waals surface area contributed by atoms with E-state index in [2.05, 4.69) is 17.4 Å². The van der Waals surface area contributed by atoms with Crippen LogP contribution in [0.4, 0.5) is 4.79 Å². The van der Waals surface area contributed by atoms with Crippen LogP contribution in [-0.2, 0) is 0 Å². The van der Waals surface area contributed by atoms with E-state index in [9.17, 15) is 4.79 Å². The van der Waals surface area contributed by atoms with Gasteiger partial charge in [0.15, 0.2) is 11.5 Å². The van der Waals surface area contributed by atoms with E-state index in [0.717, 1.165) is 41.7 Å². The van der Waals surface area contributed by atoms with E-state index >= 15 is 0 Å². The Bertz CT molecular complexity index is 1270. The lowest BCUT2D eigenvalue weighted by molar-refractivity contribution is 0.174. The van der Waals surface area contributed by atoms with Gasteiger partial charge in [0.05, 0.1) is 18.7 Å². The Balaban J connectivity index is 1.55. The number of unbranched alkanes of at least 4 members (excludes halogenated alkanes) is 2. The molecule has 1 aromatic heterocycles. The minimum atomic E-state index is -0.468. The highest BCUT2D eigenvalue weighted by molar-refractivity contribution is 5.87. The second-order valence-electron chi connectivity index (χ2n) is 8.51.